The quantitative estimate of drug-likeness (QED) is 0.878. The van der Waals surface area contributed by atoms with E-state index in [2.05, 4.69) is 6.07 Å². The van der Waals surface area contributed by atoms with Crippen molar-refractivity contribution < 1.29 is 9.84 Å². The van der Waals surface area contributed by atoms with Crippen molar-refractivity contribution in [2.24, 2.45) is 5.73 Å². The van der Waals surface area contributed by atoms with E-state index in [1.807, 2.05) is 50.2 Å². The second-order valence-electron chi connectivity index (χ2n) is 5.08. The van der Waals surface area contributed by atoms with Gasteiger partial charge in [0.1, 0.15) is 12.4 Å². The molecular formula is C17H21NO2. The molecule has 1 atom stereocenters. The lowest BCUT2D eigenvalue weighted by Gasteiger charge is -2.12. The Kier molecular flexibility index (Phi) is 4.77. The number of aliphatic hydroxyl groups is 1. The van der Waals surface area contributed by atoms with Crippen LogP contribution in [0.25, 0.3) is 0 Å². The van der Waals surface area contributed by atoms with Gasteiger partial charge in [-0.1, -0.05) is 36.4 Å². The lowest BCUT2D eigenvalue weighted by Crippen LogP contribution is -2.05. The Hall–Kier alpha value is -1.84. The molecule has 0 bridgehead atoms. The molecule has 0 amide bonds. The van der Waals surface area contributed by atoms with E-state index in [0.29, 0.717) is 6.61 Å². The van der Waals surface area contributed by atoms with Crippen LogP contribution in [0.1, 0.15) is 35.2 Å². The van der Waals surface area contributed by atoms with Crippen molar-refractivity contribution in [1.29, 1.82) is 0 Å². The van der Waals surface area contributed by atoms with Gasteiger partial charge in [-0.2, -0.15) is 0 Å². The van der Waals surface area contributed by atoms with Crippen LogP contribution < -0.4 is 10.5 Å². The van der Waals surface area contributed by atoms with E-state index in [1.54, 1.807) is 0 Å². The fraction of sp³-hybridized carbons (Fsp3) is 0.294. The van der Waals surface area contributed by atoms with Crippen LogP contribution in [0.5, 0.6) is 5.75 Å². The number of hydrogen-bond donors (Lipinski definition) is 2. The van der Waals surface area contributed by atoms with Gasteiger partial charge < -0.3 is 15.6 Å². The van der Waals surface area contributed by atoms with Crippen molar-refractivity contribution in [2.75, 3.05) is 0 Å². The number of aliphatic hydroxyl groups excluding tert-OH is 1. The minimum Gasteiger partial charge on any atom is -0.489 e. The molecule has 0 radical (unpaired) electrons. The Morgan fingerprint density at radius 3 is 2.30 bits per heavy atom. The molecule has 0 spiro atoms. The van der Waals surface area contributed by atoms with Gasteiger partial charge >= 0.3 is 0 Å². The molecule has 3 nitrogen and oxygen atoms in total. The number of hydrogen-bond acceptors (Lipinski definition) is 3. The number of benzene rings is 2. The van der Waals surface area contributed by atoms with E-state index < -0.39 is 0 Å². The van der Waals surface area contributed by atoms with Crippen molar-refractivity contribution in [1.82, 2.24) is 0 Å². The fourth-order valence-corrected chi connectivity index (χ4v) is 2.02. The van der Waals surface area contributed by atoms with E-state index in [1.165, 1.54) is 0 Å². The second kappa shape index (κ2) is 6.55. The van der Waals surface area contributed by atoms with E-state index in [-0.39, 0.29) is 12.6 Å². The molecule has 0 saturated heterocycles. The van der Waals surface area contributed by atoms with Crippen LogP contribution in [0.2, 0.25) is 0 Å². The summed E-state index contributed by atoms with van der Waals surface area (Å²) in [4.78, 5) is 0. The molecule has 20 heavy (non-hydrogen) atoms. The molecule has 0 heterocycles. The van der Waals surface area contributed by atoms with Gasteiger partial charge in [0.2, 0.25) is 0 Å². The van der Waals surface area contributed by atoms with Crippen LogP contribution >= 0.6 is 0 Å². The van der Waals surface area contributed by atoms with Gasteiger partial charge in [-0.25, -0.2) is 0 Å². The molecule has 2 rings (SSSR count). The number of rotatable bonds is 5. The zero-order chi connectivity index (χ0) is 14.5. The van der Waals surface area contributed by atoms with Crippen molar-refractivity contribution in [3.05, 3.63) is 64.7 Å². The van der Waals surface area contributed by atoms with E-state index >= 15 is 0 Å². The van der Waals surface area contributed by atoms with E-state index in [9.17, 15) is 0 Å². The summed E-state index contributed by atoms with van der Waals surface area (Å²) in [6.45, 7) is 4.58. The van der Waals surface area contributed by atoms with Crippen molar-refractivity contribution >= 4 is 0 Å². The predicted molar refractivity (Wildman–Crippen MR) is 80.5 cm³/mol. The Labute approximate surface area is 120 Å². The summed E-state index contributed by atoms with van der Waals surface area (Å²) in [7, 11) is 0. The number of nitrogens with two attached hydrogens (primary N) is 1. The molecule has 0 aliphatic rings. The third-order valence-corrected chi connectivity index (χ3v) is 3.32. The zero-order valence-electron chi connectivity index (χ0n) is 12.0. The maximum absolute atomic E-state index is 9.00. The molecule has 0 aliphatic heterocycles. The van der Waals surface area contributed by atoms with Crippen LogP contribution in [-0.2, 0) is 13.2 Å². The molecule has 3 N–H and O–H groups in total. The highest BCUT2D eigenvalue weighted by atomic mass is 16.5. The highest BCUT2D eigenvalue weighted by Gasteiger charge is 2.04. The Morgan fingerprint density at radius 2 is 1.75 bits per heavy atom. The third-order valence-electron chi connectivity index (χ3n) is 3.32. The van der Waals surface area contributed by atoms with Crippen LogP contribution in [-0.4, -0.2) is 5.11 Å². The van der Waals surface area contributed by atoms with Gasteiger partial charge in [0, 0.05) is 6.04 Å². The lowest BCUT2D eigenvalue weighted by atomic mass is 10.1. The summed E-state index contributed by atoms with van der Waals surface area (Å²) in [5, 5.41) is 9.00. The van der Waals surface area contributed by atoms with E-state index in [4.69, 9.17) is 15.6 Å². The normalized spacial score (nSPS) is 12.2. The first-order valence-electron chi connectivity index (χ1n) is 6.77. The summed E-state index contributed by atoms with van der Waals surface area (Å²) in [5.41, 5.74) is 10.1. The minimum atomic E-state index is 0.0359. The minimum absolute atomic E-state index is 0.0359. The van der Waals surface area contributed by atoms with Crippen LogP contribution in [0.15, 0.2) is 42.5 Å². The Balaban J connectivity index is 2.03. The van der Waals surface area contributed by atoms with Gasteiger partial charge in [0.15, 0.2) is 0 Å². The standard InChI is InChI=1S/C17H21NO2/c1-12-9-16(13(2)18)7-8-17(12)20-11-15-5-3-14(10-19)4-6-15/h3-9,13,19H,10-11,18H2,1-2H3. The SMILES string of the molecule is Cc1cc(C(C)N)ccc1OCc1ccc(CO)cc1. The van der Waals surface area contributed by atoms with Gasteiger partial charge in [0.05, 0.1) is 6.61 Å². The van der Waals surface area contributed by atoms with Crippen LogP contribution in [0, 0.1) is 6.92 Å². The highest BCUT2D eigenvalue weighted by molar-refractivity contribution is 5.37. The zero-order valence-corrected chi connectivity index (χ0v) is 12.0. The summed E-state index contributed by atoms with van der Waals surface area (Å²) < 4.78 is 5.83. The number of ether oxygens (including phenoxy) is 1. The summed E-state index contributed by atoms with van der Waals surface area (Å²) in [6.07, 6.45) is 0. The summed E-state index contributed by atoms with van der Waals surface area (Å²) in [6, 6.07) is 13.8. The van der Waals surface area contributed by atoms with Gasteiger partial charge in [0.25, 0.3) is 0 Å². The maximum atomic E-state index is 9.00. The molecule has 0 aromatic heterocycles. The summed E-state index contributed by atoms with van der Waals surface area (Å²) in [5.74, 6) is 0.876. The Bertz CT molecular complexity index is 562. The highest BCUT2D eigenvalue weighted by Crippen LogP contribution is 2.22. The van der Waals surface area contributed by atoms with Crippen LogP contribution in [0.4, 0.5) is 0 Å². The van der Waals surface area contributed by atoms with E-state index in [0.717, 1.165) is 28.0 Å². The smallest absolute Gasteiger partial charge is 0.122 e. The van der Waals surface area contributed by atoms with Gasteiger partial charge in [-0.3, -0.25) is 0 Å². The Morgan fingerprint density at radius 1 is 1.10 bits per heavy atom. The van der Waals surface area contributed by atoms with Crippen molar-refractivity contribution in [3.63, 3.8) is 0 Å². The van der Waals surface area contributed by atoms with Crippen LogP contribution in [0.3, 0.4) is 0 Å². The topological polar surface area (TPSA) is 55.5 Å². The first-order chi connectivity index (χ1) is 9.60. The molecule has 0 fully saturated rings. The van der Waals surface area contributed by atoms with Crippen molar-refractivity contribution in [2.45, 2.75) is 33.1 Å². The average Bonchev–Trinajstić information content (AvgIpc) is 2.46. The molecule has 3 heteroatoms. The lowest BCUT2D eigenvalue weighted by molar-refractivity contribution is 0.281. The second-order valence-corrected chi connectivity index (χ2v) is 5.08. The molecule has 0 aliphatic carbocycles. The molecule has 2 aromatic rings. The van der Waals surface area contributed by atoms with Gasteiger partial charge in [-0.15, -0.1) is 0 Å². The molecular weight excluding hydrogens is 250 g/mol. The van der Waals surface area contributed by atoms with Crippen molar-refractivity contribution in [3.8, 4) is 5.75 Å². The maximum Gasteiger partial charge on any atom is 0.122 e. The molecule has 106 valence electrons. The first kappa shape index (κ1) is 14.6. The summed E-state index contributed by atoms with van der Waals surface area (Å²) >= 11 is 0. The largest absolute Gasteiger partial charge is 0.489 e. The number of aryl methyl sites for hydroxylation is 1. The fourth-order valence-electron chi connectivity index (χ4n) is 2.02. The molecule has 0 saturated carbocycles. The monoisotopic (exact) mass is 271 g/mol. The molecule has 2 aromatic carbocycles. The van der Waals surface area contributed by atoms with Gasteiger partial charge in [-0.05, 0) is 42.2 Å². The first-order valence-corrected chi connectivity index (χ1v) is 6.77. The predicted octanol–water partition coefficient (Wildman–Crippen LogP) is 3.09. The molecule has 1 unspecified atom stereocenters. The third kappa shape index (κ3) is 3.59. The average molecular weight is 271 g/mol.